The molecule has 16 heavy (non-hydrogen) atoms. The predicted molar refractivity (Wildman–Crippen MR) is 65.3 cm³/mol. The molecule has 0 spiro atoms. The van der Waals surface area contributed by atoms with E-state index in [4.69, 9.17) is 5.73 Å². The van der Waals surface area contributed by atoms with Crippen molar-refractivity contribution in [3.05, 3.63) is 64.1 Å². The summed E-state index contributed by atoms with van der Waals surface area (Å²) in [7, 11) is 1.75. The molecule has 0 saturated heterocycles. The van der Waals surface area contributed by atoms with Gasteiger partial charge >= 0.3 is 0 Å². The molecule has 0 unspecified atom stereocenters. The van der Waals surface area contributed by atoms with Crippen LogP contribution in [0.5, 0.6) is 0 Å². The molecular weight excluding hydrogens is 200 g/mol. The van der Waals surface area contributed by atoms with Gasteiger partial charge in [0, 0.05) is 25.0 Å². The van der Waals surface area contributed by atoms with Gasteiger partial charge in [0.1, 0.15) is 0 Å². The van der Waals surface area contributed by atoms with Crippen molar-refractivity contribution in [2.24, 2.45) is 7.05 Å². The van der Waals surface area contributed by atoms with E-state index in [9.17, 15) is 4.79 Å². The molecule has 2 N–H and O–H groups in total. The zero-order chi connectivity index (χ0) is 11.5. The summed E-state index contributed by atoms with van der Waals surface area (Å²) in [5, 5.41) is 0. The number of anilines is 1. The van der Waals surface area contributed by atoms with Crippen molar-refractivity contribution in [1.29, 1.82) is 0 Å². The van der Waals surface area contributed by atoms with Crippen LogP contribution in [0.1, 0.15) is 11.1 Å². The van der Waals surface area contributed by atoms with Gasteiger partial charge in [-0.25, -0.2) is 0 Å². The number of aromatic nitrogens is 1. The first-order valence-electron chi connectivity index (χ1n) is 5.15. The molecule has 1 heterocycles. The Morgan fingerprint density at radius 2 is 1.81 bits per heavy atom. The van der Waals surface area contributed by atoms with Crippen LogP contribution >= 0.6 is 0 Å². The third-order valence-corrected chi connectivity index (χ3v) is 2.56. The lowest BCUT2D eigenvalue weighted by Gasteiger charge is -2.03. The summed E-state index contributed by atoms with van der Waals surface area (Å²) in [6.45, 7) is 0. The van der Waals surface area contributed by atoms with Crippen LogP contribution in [-0.2, 0) is 13.5 Å². The summed E-state index contributed by atoms with van der Waals surface area (Å²) in [6.07, 6.45) is 2.55. The monoisotopic (exact) mass is 214 g/mol. The van der Waals surface area contributed by atoms with E-state index in [0.717, 1.165) is 23.2 Å². The number of nitrogen functional groups attached to an aromatic ring is 1. The summed E-state index contributed by atoms with van der Waals surface area (Å²) >= 11 is 0. The normalized spacial score (nSPS) is 10.3. The zero-order valence-corrected chi connectivity index (χ0v) is 9.18. The van der Waals surface area contributed by atoms with Gasteiger partial charge in [0.15, 0.2) is 0 Å². The molecule has 3 heteroatoms. The Kier molecular flexibility index (Phi) is 2.77. The lowest BCUT2D eigenvalue weighted by atomic mass is 10.1. The van der Waals surface area contributed by atoms with E-state index in [0.29, 0.717) is 0 Å². The average molecular weight is 214 g/mol. The molecule has 0 saturated carbocycles. The van der Waals surface area contributed by atoms with Crippen molar-refractivity contribution in [3.63, 3.8) is 0 Å². The molecule has 1 aromatic carbocycles. The Morgan fingerprint density at radius 1 is 1.12 bits per heavy atom. The highest BCUT2D eigenvalue weighted by Crippen LogP contribution is 2.10. The number of hydrogen-bond acceptors (Lipinski definition) is 2. The van der Waals surface area contributed by atoms with Gasteiger partial charge < -0.3 is 10.3 Å². The lowest BCUT2D eigenvalue weighted by molar-refractivity contribution is 0.852. The topological polar surface area (TPSA) is 48.0 Å². The molecule has 0 radical (unpaired) electrons. The second-order valence-electron chi connectivity index (χ2n) is 3.90. The van der Waals surface area contributed by atoms with Gasteiger partial charge in [-0.15, -0.1) is 0 Å². The molecule has 0 atom stereocenters. The fourth-order valence-corrected chi connectivity index (χ4v) is 1.57. The number of aryl methyl sites for hydroxylation is 1. The van der Waals surface area contributed by atoms with E-state index < -0.39 is 0 Å². The van der Waals surface area contributed by atoms with Crippen molar-refractivity contribution in [1.82, 2.24) is 4.57 Å². The smallest absolute Gasteiger partial charge is 0.250 e. The van der Waals surface area contributed by atoms with Gasteiger partial charge in [-0.1, -0.05) is 12.1 Å². The maximum absolute atomic E-state index is 11.4. The number of hydrogen-bond donors (Lipinski definition) is 1. The van der Waals surface area contributed by atoms with Crippen LogP contribution in [0.2, 0.25) is 0 Å². The Balaban J connectivity index is 2.24. The van der Waals surface area contributed by atoms with Crippen LogP contribution in [0, 0.1) is 0 Å². The first-order chi connectivity index (χ1) is 7.65. The molecule has 2 aromatic rings. The maximum atomic E-state index is 11.4. The van der Waals surface area contributed by atoms with E-state index in [1.165, 1.54) is 0 Å². The van der Waals surface area contributed by atoms with E-state index in [1.807, 2.05) is 30.3 Å². The molecule has 82 valence electrons. The lowest BCUT2D eigenvalue weighted by Crippen LogP contribution is -2.15. The first-order valence-corrected chi connectivity index (χ1v) is 5.15. The molecule has 0 aliphatic rings. The highest BCUT2D eigenvalue weighted by atomic mass is 16.1. The zero-order valence-electron chi connectivity index (χ0n) is 9.18. The highest BCUT2D eigenvalue weighted by Gasteiger charge is 1.98. The fraction of sp³-hybridized carbons (Fsp3) is 0.154. The van der Waals surface area contributed by atoms with Crippen LogP contribution in [0.3, 0.4) is 0 Å². The average Bonchev–Trinajstić information content (AvgIpc) is 2.27. The molecule has 1 aromatic heterocycles. The van der Waals surface area contributed by atoms with Crippen LogP contribution in [0.25, 0.3) is 0 Å². The Bertz CT molecular complexity index is 541. The molecular formula is C13H14N2O. The summed E-state index contributed by atoms with van der Waals surface area (Å²) in [5.41, 5.74) is 8.57. The third-order valence-electron chi connectivity index (χ3n) is 2.56. The molecule has 3 nitrogen and oxygen atoms in total. The third kappa shape index (κ3) is 2.31. The Hall–Kier alpha value is -2.03. The highest BCUT2D eigenvalue weighted by molar-refractivity contribution is 5.40. The number of nitrogens with zero attached hydrogens (tertiary/aromatic N) is 1. The van der Waals surface area contributed by atoms with Gasteiger partial charge in [-0.2, -0.15) is 0 Å². The minimum absolute atomic E-state index is 0.0212. The van der Waals surface area contributed by atoms with E-state index in [-0.39, 0.29) is 5.56 Å². The van der Waals surface area contributed by atoms with Gasteiger partial charge in [0.25, 0.3) is 5.56 Å². The SMILES string of the molecule is Cn1ccc(Cc2ccc(N)cc2)cc1=O. The Morgan fingerprint density at radius 3 is 2.44 bits per heavy atom. The second kappa shape index (κ2) is 4.23. The summed E-state index contributed by atoms with van der Waals surface area (Å²) in [6, 6.07) is 11.3. The number of pyridine rings is 1. The molecule has 0 aliphatic heterocycles. The van der Waals surface area contributed by atoms with Crippen molar-refractivity contribution in [2.75, 3.05) is 5.73 Å². The predicted octanol–water partition coefficient (Wildman–Crippen LogP) is 1.56. The minimum Gasteiger partial charge on any atom is -0.399 e. The van der Waals surface area contributed by atoms with Gasteiger partial charge in [-0.05, 0) is 35.7 Å². The van der Waals surface area contributed by atoms with E-state index >= 15 is 0 Å². The van der Waals surface area contributed by atoms with Crippen LogP contribution in [0.15, 0.2) is 47.4 Å². The second-order valence-corrected chi connectivity index (χ2v) is 3.90. The molecule has 2 rings (SSSR count). The van der Waals surface area contributed by atoms with Gasteiger partial charge in [0.2, 0.25) is 0 Å². The molecule has 0 bridgehead atoms. The Labute approximate surface area is 94.1 Å². The van der Waals surface area contributed by atoms with Crippen molar-refractivity contribution >= 4 is 5.69 Å². The minimum atomic E-state index is 0.0212. The quantitative estimate of drug-likeness (QED) is 0.771. The maximum Gasteiger partial charge on any atom is 0.250 e. The molecule has 0 fully saturated rings. The number of nitrogens with two attached hydrogens (primary N) is 1. The van der Waals surface area contributed by atoms with Crippen molar-refractivity contribution < 1.29 is 0 Å². The number of rotatable bonds is 2. The summed E-state index contributed by atoms with van der Waals surface area (Å²) in [5.74, 6) is 0. The van der Waals surface area contributed by atoms with E-state index in [2.05, 4.69) is 0 Å². The summed E-state index contributed by atoms with van der Waals surface area (Å²) < 4.78 is 1.56. The number of benzene rings is 1. The fourth-order valence-electron chi connectivity index (χ4n) is 1.57. The first kappa shape index (κ1) is 10.5. The van der Waals surface area contributed by atoms with Gasteiger partial charge in [0.05, 0.1) is 0 Å². The van der Waals surface area contributed by atoms with Crippen molar-refractivity contribution in [3.8, 4) is 0 Å². The van der Waals surface area contributed by atoms with Crippen molar-refractivity contribution in [2.45, 2.75) is 6.42 Å². The largest absolute Gasteiger partial charge is 0.399 e. The van der Waals surface area contributed by atoms with Gasteiger partial charge in [-0.3, -0.25) is 4.79 Å². The van der Waals surface area contributed by atoms with Crippen LogP contribution < -0.4 is 11.3 Å². The summed E-state index contributed by atoms with van der Waals surface area (Å²) in [4.78, 5) is 11.4. The molecule has 0 aliphatic carbocycles. The molecule has 0 amide bonds. The standard InChI is InChI=1S/C13H14N2O/c1-15-7-6-11(9-13(15)16)8-10-2-4-12(14)5-3-10/h2-7,9H,8,14H2,1H3. The van der Waals surface area contributed by atoms with Crippen LogP contribution in [0.4, 0.5) is 5.69 Å². The van der Waals surface area contributed by atoms with Crippen LogP contribution in [-0.4, -0.2) is 4.57 Å². The van der Waals surface area contributed by atoms with E-state index in [1.54, 1.807) is 23.9 Å².